The van der Waals surface area contributed by atoms with Crippen molar-refractivity contribution in [1.29, 1.82) is 0 Å². The quantitative estimate of drug-likeness (QED) is 0.194. The van der Waals surface area contributed by atoms with Crippen LogP contribution in [0.2, 0.25) is 0 Å². The molecule has 4 aromatic rings. The zero-order valence-electron chi connectivity index (χ0n) is 19.1. The van der Waals surface area contributed by atoms with Gasteiger partial charge >= 0.3 is 6.18 Å². The molecule has 0 fully saturated rings. The normalized spacial score (nSPS) is 12.0. The Labute approximate surface area is 214 Å². The number of benzene rings is 4. The number of anilines is 2. The lowest BCUT2D eigenvalue weighted by atomic mass is 10.1. The van der Waals surface area contributed by atoms with Crippen molar-refractivity contribution in [2.24, 2.45) is 0 Å². The van der Waals surface area contributed by atoms with Crippen molar-refractivity contribution in [2.45, 2.75) is 16.3 Å². The molecular formula is C28H20F4N2O2S. The molecule has 0 aliphatic carbocycles. The lowest BCUT2D eigenvalue weighted by molar-refractivity contribution is -0.137. The molecule has 0 aliphatic heterocycles. The molecule has 1 atom stereocenters. The van der Waals surface area contributed by atoms with E-state index in [0.717, 1.165) is 23.9 Å². The topological polar surface area (TPSA) is 58.2 Å². The maximum Gasteiger partial charge on any atom is 0.416 e. The molecule has 9 heteroatoms. The molecule has 188 valence electrons. The van der Waals surface area contributed by atoms with E-state index in [0.29, 0.717) is 16.1 Å². The Balaban J connectivity index is 1.56. The van der Waals surface area contributed by atoms with Crippen LogP contribution in [-0.4, -0.2) is 11.8 Å². The first-order chi connectivity index (χ1) is 17.7. The van der Waals surface area contributed by atoms with Crippen LogP contribution in [0.5, 0.6) is 0 Å². The summed E-state index contributed by atoms with van der Waals surface area (Å²) in [6, 6.07) is 25.5. The van der Waals surface area contributed by atoms with Crippen molar-refractivity contribution in [2.75, 3.05) is 10.6 Å². The molecule has 4 aromatic carbocycles. The van der Waals surface area contributed by atoms with Gasteiger partial charge in [-0.15, -0.1) is 11.8 Å². The molecule has 0 saturated carbocycles. The van der Waals surface area contributed by atoms with Crippen molar-refractivity contribution < 1.29 is 27.2 Å². The molecule has 0 spiro atoms. The van der Waals surface area contributed by atoms with Crippen LogP contribution in [0.1, 0.15) is 26.7 Å². The third-order valence-electron chi connectivity index (χ3n) is 5.26. The van der Waals surface area contributed by atoms with Crippen LogP contribution in [-0.2, 0) is 11.0 Å². The fraction of sp³-hybridized carbons (Fsp3) is 0.0714. The van der Waals surface area contributed by atoms with Gasteiger partial charge in [-0.05, 0) is 54.1 Å². The van der Waals surface area contributed by atoms with E-state index in [1.807, 2.05) is 0 Å². The van der Waals surface area contributed by atoms with Crippen molar-refractivity contribution in [3.63, 3.8) is 0 Å². The zero-order valence-corrected chi connectivity index (χ0v) is 19.9. The summed E-state index contributed by atoms with van der Waals surface area (Å²) < 4.78 is 53.3. The van der Waals surface area contributed by atoms with E-state index in [9.17, 15) is 27.2 Å². The third-order valence-corrected chi connectivity index (χ3v) is 6.51. The lowest BCUT2D eigenvalue weighted by Crippen LogP contribution is -2.19. The molecule has 0 saturated heterocycles. The van der Waals surface area contributed by atoms with Gasteiger partial charge in [0.15, 0.2) is 0 Å². The van der Waals surface area contributed by atoms with Crippen LogP contribution in [0, 0.1) is 5.82 Å². The number of nitrogens with one attached hydrogen (secondary N) is 2. The summed E-state index contributed by atoms with van der Waals surface area (Å²) in [5, 5.41) is 4.41. The predicted molar refractivity (Wildman–Crippen MR) is 136 cm³/mol. The van der Waals surface area contributed by atoms with Crippen molar-refractivity contribution in [1.82, 2.24) is 0 Å². The van der Waals surface area contributed by atoms with Gasteiger partial charge in [-0.2, -0.15) is 13.2 Å². The van der Waals surface area contributed by atoms with Gasteiger partial charge in [0.2, 0.25) is 5.91 Å². The second kappa shape index (κ2) is 11.3. The van der Waals surface area contributed by atoms with Crippen molar-refractivity contribution in [3.05, 3.63) is 126 Å². The third kappa shape index (κ3) is 6.77. The van der Waals surface area contributed by atoms with E-state index < -0.39 is 34.6 Å². The first kappa shape index (κ1) is 26.0. The number of carbonyl (C=O) groups is 2. The molecule has 1 unspecified atom stereocenters. The van der Waals surface area contributed by atoms with E-state index in [4.69, 9.17) is 0 Å². The molecule has 2 amide bonds. The Morgan fingerprint density at radius 1 is 0.730 bits per heavy atom. The number of alkyl halides is 3. The summed E-state index contributed by atoms with van der Waals surface area (Å²) in [7, 11) is 0. The number of carbonyl (C=O) groups excluding carboxylic acids is 2. The van der Waals surface area contributed by atoms with E-state index in [2.05, 4.69) is 10.6 Å². The van der Waals surface area contributed by atoms with Gasteiger partial charge in [0.05, 0.1) is 11.1 Å². The zero-order chi connectivity index (χ0) is 26.4. The summed E-state index contributed by atoms with van der Waals surface area (Å²) in [6.45, 7) is 0. The van der Waals surface area contributed by atoms with Gasteiger partial charge in [0.1, 0.15) is 11.1 Å². The summed E-state index contributed by atoms with van der Waals surface area (Å²) in [6.07, 6.45) is -4.54. The first-order valence-corrected chi connectivity index (χ1v) is 11.9. The minimum Gasteiger partial charge on any atom is -0.325 e. The minimum atomic E-state index is -4.54. The van der Waals surface area contributed by atoms with E-state index >= 15 is 0 Å². The smallest absolute Gasteiger partial charge is 0.325 e. The molecule has 0 bridgehead atoms. The molecule has 0 aromatic heterocycles. The monoisotopic (exact) mass is 524 g/mol. The molecule has 0 heterocycles. The van der Waals surface area contributed by atoms with Crippen LogP contribution in [0.15, 0.2) is 108 Å². The number of hydrogen-bond donors (Lipinski definition) is 2. The van der Waals surface area contributed by atoms with Gasteiger partial charge in [0, 0.05) is 16.3 Å². The average Bonchev–Trinajstić information content (AvgIpc) is 2.88. The second-order valence-corrected chi connectivity index (χ2v) is 9.12. The molecule has 0 aliphatic rings. The molecular weight excluding hydrogens is 504 g/mol. The van der Waals surface area contributed by atoms with E-state index in [-0.39, 0.29) is 11.3 Å². The number of halogens is 4. The highest BCUT2D eigenvalue weighted by Crippen LogP contribution is 2.38. The SMILES string of the molecule is O=C(Nc1cccc(SC(C(=O)Nc2cccc(C(F)(F)F)c2)c2ccccc2)c1)c1ccccc1F. The molecule has 4 rings (SSSR count). The summed E-state index contributed by atoms with van der Waals surface area (Å²) in [5.41, 5.74) is 0.0732. The van der Waals surface area contributed by atoms with Crippen LogP contribution in [0.25, 0.3) is 0 Å². The summed E-state index contributed by atoms with van der Waals surface area (Å²) in [4.78, 5) is 26.3. The number of amides is 2. The molecule has 37 heavy (non-hydrogen) atoms. The first-order valence-electron chi connectivity index (χ1n) is 11.1. The second-order valence-electron chi connectivity index (χ2n) is 7.94. The Morgan fingerprint density at radius 3 is 2.08 bits per heavy atom. The van der Waals surface area contributed by atoms with Gasteiger partial charge in [-0.3, -0.25) is 9.59 Å². The van der Waals surface area contributed by atoms with Gasteiger partial charge < -0.3 is 10.6 Å². The summed E-state index contributed by atoms with van der Waals surface area (Å²) in [5.74, 6) is -1.79. The maximum atomic E-state index is 14.0. The average molecular weight is 525 g/mol. The highest BCUT2D eigenvalue weighted by molar-refractivity contribution is 8.00. The Kier molecular flexibility index (Phi) is 7.93. The summed E-state index contributed by atoms with van der Waals surface area (Å²) >= 11 is 1.16. The Bertz CT molecular complexity index is 1410. The largest absolute Gasteiger partial charge is 0.416 e. The standard InChI is InChI=1S/C28H20F4N2O2S/c29-24-15-5-4-14-23(24)26(35)33-21-12-7-13-22(17-21)37-25(18-8-2-1-3-9-18)27(36)34-20-11-6-10-19(16-20)28(30,31)32/h1-17,25H,(H,33,35)(H,34,36). The highest BCUT2D eigenvalue weighted by atomic mass is 32.2. The fourth-order valence-electron chi connectivity index (χ4n) is 3.51. The van der Waals surface area contributed by atoms with E-state index in [1.54, 1.807) is 60.7 Å². The van der Waals surface area contributed by atoms with Gasteiger partial charge in [-0.25, -0.2) is 4.39 Å². The van der Waals surface area contributed by atoms with Crippen molar-refractivity contribution in [3.8, 4) is 0 Å². The van der Waals surface area contributed by atoms with Gasteiger partial charge in [-0.1, -0.05) is 54.6 Å². The highest BCUT2D eigenvalue weighted by Gasteiger charge is 2.31. The van der Waals surface area contributed by atoms with Crippen LogP contribution >= 0.6 is 11.8 Å². The van der Waals surface area contributed by atoms with Crippen LogP contribution < -0.4 is 10.6 Å². The van der Waals surface area contributed by atoms with Gasteiger partial charge in [0.25, 0.3) is 5.91 Å². The van der Waals surface area contributed by atoms with Crippen molar-refractivity contribution >= 4 is 35.0 Å². The number of hydrogen-bond acceptors (Lipinski definition) is 3. The Morgan fingerprint density at radius 2 is 1.38 bits per heavy atom. The lowest BCUT2D eigenvalue weighted by Gasteiger charge is -2.18. The fourth-order valence-corrected chi connectivity index (χ4v) is 4.59. The predicted octanol–water partition coefficient (Wildman–Crippen LogP) is 7.57. The molecule has 0 radical (unpaired) electrons. The Hall–Kier alpha value is -4.11. The minimum absolute atomic E-state index is 0.0206. The molecule has 4 nitrogen and oxygen atoms in total. The number of rotatable bonds is 7. The number of thioether (sulfide) groups is 1. The van der Waals surface area contributed by atoms with Crippen LogP contribution in [0.4, 0.5) is 28.9 Å². The molecule has 2 N–H and O–H groups in total. The maximum absolute atomic E-state index is 14.0. The van der Waals surface area contributed by atoms with Crippen LogP contribution in [0.3, 0.4) is 0 Å². The van der Waals surface area contributed by atoms with E-state index in [1.165, 1.54) is 30.3 Å².